The first-order chi connectivity index (χ1) is 7.38. The van der Waals surface area contributed by atoms with Gasteiger partial charge in [-0.1, -0.05) is 20.8 Å². The molecular weight excluding hydrogens is 240 g/mol. The Hall–Kier alpha value is -0.320. The van der Waals surface area contributed by atoms with Crippen molar-refractivity contribution in [3.05, 3.63) is 0 Å². The molecule has 0 aliphatic carbocycles. The third kappa shape index (κ3) is 4.12. The maximum atomic E-state index is 11.8. The Morgan fingerprint density at radius 2 is 2.12 bits per heavy atom. The van der Waals surface area contributed by atoms with Gasteiger partial charge in [0.05, 0.1) is 18.7 Å². The number of amides is 1. The van der Waals surface area contributed by atoms with Gasteiger partial charge < -0.3 is 15.3 Å². The highest BCUT2D eigenvalue weighted by molar-refractivity contribution is 5.85. The summed E-state index contributed by atoms with van der Waals surface area (Å²) in [5.41, 5.74) is -0.173. The summed E-state index contributed by atoms with van der Waals surface area (Å²) in [6.45, 7) is 7.16. The maximum Gasteiger partial charge on any atom is 0.236 e. The van der Waals surface area contributed by atoms with Crippen molar-refractivity contribution in [2.75, 3.05) is 20.1 Å². The highest BCUT2D eigenvalue weighted by Crippen LogP contribution is 2.30. The minimum atomic E-state index is -0.448. The Labute approximate surface area is 110 Å². The lowest BCUT2D eigenvalue weighted by Gasteiger charge is -2.36. The van der Waals surface area contributed by atoms with E-state index >= 15 is 0 Å². The van der Waals surface area contributed by atoms with Gasteiger partial charge in [0, 0.05) is 6.54 Å². The van der Waals surface area contributed by atoms with E-state index in [4.69, 9.17) is 0 Å². The van der Waals surface area contributed by atoms with Crippen molar-refractivity contribution in [3.63, 3.8) is 0 Å². The van der Waals surface area contributed by atoms with Crippen molar-refractivity contribution in [3.8, 4) is 0 Å². The summed E-state index contributed by atoms with van der Waals surface area (Å²) >= 11 is 0. The molecule has 1 unspecified atom stereocenters. The molecule has 1 heterocycles. The zero-order valence-corrected chi connectivity index (χ0v) is 12.0. The Morgan fingerprint density at radius 3 is 2.59 bits per heavy atom. The summed E-state index contributed by atoms with van der Waals surface area (Å²) in [6.07, 6.45) is 1.46. The predicted octanol–water partition coefficient (Wildman–Crippen LogP) is 1.03. The molecule has 4 nitrogen and oxygen atoms in total. The van der Waals surface area contributed by atoms with E-state index in [1.165, 1.54) is 0 Å². The molecule has 17 heavy (non-hydrogen) atoms. The number of halogens is 1. The van der Waals surface area contributed by atoms with Gasteiger partial charge >= 0.3 is 0 Å². The van der Waals surface area contributed by atoms with Crippen LogP contribution in [0.3, 0.4) is 0 Å². The van der Waals surface area contributed by atoms with Crippen molar-refractivity contribution in [1.82, 2.24) is 10.2 Å². The molecule has 0 aromatic carbocycles. The Morgan fingerprint density at radius 1 is 1.53 bits per heavy atom. The topological polar surface area (TPSA) is 52.6 Å². The molecule has 1 aliphatic heterocycles. The van der Waals surface area contributed by atoms with Crippen LogP contribution in [0.25, 0.3) is 0 Å². The van der Waals surface area contributed by atoms with Gasteiger partial charge in [-0.15, -0.1) is 12.4 Å². The number of nitrogens with zero attached hydrogens (tertiary/aromatic N) is 1. The third-order valence-electron chi connectivity index (χ3n) is 3.20. The van der Waals surface area contributed by atoms with Crippen LogP contribution in [-0.4, -0.2) is 48.2 Å². The standard InChI is InChI=1S/C12H24N2O2.ClH/c1-12(2,3)11(16)9-6-5-7-14(9)10(15)8-13-4;/h9,11,13,16H,5-8H2,1-4H3;1H/t9-,11?;/m0./s1. The number of aliphatic hydroxyl groups excluding tert-OH is 1. The van der Waals surface area contributed by atoms with Crippen molar-refractivity contribution in [1.29, 1.82) is 0 Å². The van der Waals surface area contributed by atoms with Crippen molar-refractivity contribution < 1.29 is 9.90 Å². The first-order valence-electron chi connectivity index (χ1n) is 6.00. The molecule has 0 bridgehead atoms. The van der Waals surface area contributed by atoms with Gasteiger partial charge in [-0.05, 0) is 25.3 Å². The molecule has 0 aromatic rings. The lowest BCUT2D eigenvalue weighted by Crippen LogP contribution is -2.49. The van der Waals surface area contributed by atoms with E-state index in [1.54, 1.807) is 7.05 Å². The molecule has 0 saturated carbocycles. The average molecular weight is 265 g/mol. The number of hydrogen-bond acceptors (Lipinski definition) is 3. The second kappa shape index (κ2) is 6.57. The summed E-state index contributed by atoms with van der Waals surface area (Å²) in [4.78, 5) is 13.7. The van der Waals surface area contributed by atoms with Gasteiger partial charge in [0.2, 0.25) is 5.91 Å². The zero-order chi connectivity index (χ0) is 12.3. The van der Waals surface area contributed by atoms with Crippen LogP contribution in [0.2, 0.25) is 0 Å². The van der Waals surface area contributed by atoms with E-state index in [9.17, 15) is 9.90 Å². The van der Waals surface area contributed by atoms with Crippen LogP contribution in [-0.2, 0) is 4.79 Å². The summed E-state index contributed by atoms with van der Waals surface area (Å²) < 4.78 is 0. The van der Waals surface area contributed by atoms with E-state index in [1.807, 2.05) is 25.7 Å². The number of carbonyl (C=O) groups excluding carboxylic acids is 1. The van der Waals surface area contributed by atoms with E-state index in [0.29, 0.717) is 6.54 Å². The number of nitrogens with one attached hydrogen (secondary N) is 1. The molecule has 1 saturated heterocycles. The summed E-state index contributed by atoms with van der Waals surface area (Å²) in [5, 5.41) is 13.1. The zero-order valence-electron chi connectivity index (χ0n) is 11.2. The van der Waals surface area contributed by atoms with E-state index in [0.717, 1.165) is 19.4 Å². The molecule has 5 heteroatoms. The first-order valence-corrected chi connectivity index (χ1v) is 6.00. The van der Waals surface area contributed by atoms with Gasteiger partial charge in [-0.2, -0.15) is 0 Å². The minimum Gasteiger partial charge on any atom is -0.390 e. The molecular formula is C12H25ClN2O2. The van der Waals surface area contributed by atoms with Crippen LogP contribution in [0.5, 0.6) is 0 Å². The first kappa shape index (κ1) is 16.7. The summed E-state index contributed by atoms with van der Waals surface area (Å²) in [7, 11) is 1.77. The number of rotatable bonds is 3. The molecule has 2 atom stereocenters. The fourth-order valence-electron chi connectivity index (χ4n) is 2.26. The smallest absolute Gasteiger partial charge is 0.236 e. The average Bonchev–Trinajstić information content (AvgIpc) is 2.63. The van der Waals surface area contributed by atoms with Crippen LogP contribution in [0, 0.1) is 5.41 Å². The second-order valence-corrected chi connectivity index (χ2v) is 5.64. The van der Waals surface area contributed by atoms with Crippen LogP contribution in [0.1, 0.15) is 33.6 Å². The summed E-state index contributed by atoms with van der Waals surface area (Å²) in [5.74, 6) is 0.0910. The highest BCUT2D eigenvalue weighted by atomic mass is 35.5. The van der Waals surface area contributed by atoms with Crippen LogP contribution < -0.4 is 5.32 Å². The van der Waals surface area contributed by atoms with Gasteiger partial charge in [0.1, 0.15) is 0 Å². The largest absolute Gasteiger partial charge is 0.390 e. The molecule has 1 fully saturated rings. The number of hydrogen-bond donors (Lipinski definition) is 2. The highest BCUT2D eigenvalue weighted by Gasteiger charge is 2.38. The molecule has 1 amide bonds. The number of carbonyl (C=O) groups is 1. The molecule has 1 aliphatic rings. The van der Waals surface area contributed by atoms with E-state index in [2.05, 4.69) is 5.32 Å². The van der Waals surface area contributed by atoms with Gasteiger partial charge in [0.15, 0.2) is 0 Å². The molecule has 2 N–H and O–H groups in total. The molecule has 0 radical (unpaired) electrons. The number of likely N-dealkylation sites (N-methyl/N-ethyl adjacent to an activating group) is 1. The quantitative estimate of drug-likeness (QED) is 0.801. The lowest BCUT2D eigenvalue weighted by atomic mass is 9.84. The van der Waals surface area contributed by atoms with Gasteiger partial charge in [-0.3, -0.25) is 4.79 Å². The SMILES string of the molecule is CNCC(=O)N1CCC[C@H]1C(O)C(C)(C)C.Cl. The molecule has 1 rings (SSSR count). The molecule has 0 spiro atoms. The van der Waals surface area contributed by atoms with Gasteiger partial charge in [0.25, 0.3) is 0 Å². The van der Waals surface area contributed by atoms with Crippen LogP contribution in [0.15, 0.2) is 0 Å². The monoisotopic (exact) mass is 264 g/mol. The minimum absolute atomic E-state index is 0. The van der Waals surface area contributed by atoms with Crippen molar-refractivity contribution in [2.24, 2.45) is 5.41 Å². The van der Waals surface area contributed by atoms with Gasteiger partial charge in [-0.25, -0.2) is 0 Å². The Kier molecular flexibility index (Phi) is 6.45. The number of likely N-dealkylation sites (tertiary alicyclic amines) is 1. The van der Waals surface area contributed by atoms with Crippen LogP contribution in [0.4, 0.5) is 0 Å². The van der Waals surface area contributed by atoms with Crippen molar-refractivity contribution in [2.45, 2.75) is 45.8 Å². The second-order valence-electron chi connectivity index (χ2n) is 5.64. The molecule has 102 valence electrons. The van der Waals surface area contributed by atoms with Crippen molar-refractivity contribution >= 4 is 18.3 Å². The van der Waals surface area contributed by atoms with E-state index in [-0.39, 0.29) is 29.8 Å². The number of aliphatic hydroxyl groups is 1. The van der Waals surface area contributed by atoms with Crippen LogP contribution >= 0.6 is 12.4 Å². The fraction of sp³-hybridized carbons (Fsp3) is 0.917. The maximum absolute atomic E-state index is 11.8. The molecule has 0 aromatic heterocycles. The fourth-order valence-corrected chi connectivity index (χ4v) is 2.26. The normalized spacial score (nSPS) is 22.2. The van der Waals surface area contributed by atoms with E-state index < -0.39 is 6.10 Å². The Bertz CT molecular complexity index is 253. The Balaban J connectivity index is 0.00000256. The lowest BCUT2D eigenvalue weighted by molar-refractivity contribution is -0.134. The predicted molar refractivity (Wildman–Crippen MR) is 71.4 cm³/mol. The summed E-state index contributed by atoms with van der Waals surface area (Å²) in [6, 6.07) is -0.0131. The third-order valence-corrected chi connectivity index (χ3v) is 3.20.